The second-order valence-corrected chi connectivity index (χ2v) is 4.98. The van der Waals surface area contributed by atoms with Crippen molar-refractivity contribution in [3.8, 4) is 5.75 Å². The highest BCUT2D eigenvalue weighted by atomic mass is 19.1. The van der Waals surface area contributed by atoms with E-state index in [1.54, 1.807) is 18.2 Å². The maximum absolute atomic E-state index is 13.3. The number of nitrogens with one attached hydrogen (secondary N) is 2. The molecule has 5 heteroatoms. The first-order chi connectivity index (χ1) is 10.3. The molecule has 21 heavy (non-hydrogen) atoms. The molecule has 2 N–H and O–H groups in total. The van der Waals surface area contributed by atoms with Crippen LogP contribution >= 0.6 is 0 Å². The van der Waals surface area contributed by atoms with Crippen LogP contribution in [0.1, 0.15) is 19.3 Å². The maximum atomic E-state index is 13.3. The summed E-state index contributed by atoms with van der Waals surface area (Å²) in [6.07, 6.45) is 4.06. The lowest BCUT2D eigenvalue weighted by Gasteiger charge is -2.14. The Morgan fingerprint density at radius 2 is 2.24 bits per heavy atom. The van der Waals surface area contributed by atoms with Crippen LogP contribution in [0.4, 0.5) is 4.39 Å². The first-order valence-corrected chi connectivity index (χ1v) is 7.28. The zero-order valence-corrected chi connectivity index (χ0v) is 12.0. The van der Waals surface area contributed by atoms with Gasteiger partial charge in [-0.15, -0.1) is 0 Å². The van der Waals surface area contributed by atoms with Crippen LogP contribution in [0, 0.1) is 5.82 Å². The van der Waals surface area contributed by atoms with E-state index in [4.69, 9.17) is 4.74 Å². The summed E-state index contributed by atoms with van der Waals surface area (Å²) in [6.45, 7) is 2.80. The smallest absolute Gasteiger partial charge is 0.220 e. The number of halogens is 1. The molecule has 0 bridgehead atoms. The molecule has 0 saturated carbocycles. The summed E-state index contributed by atoms with van der Waals surface area (Å²) in [6, 6.07) is 6.27. The van der Waals surface area contributed by atoms with Crippen LogP contribution in [0.25, 0.3) is 0 Å². The van der Waals surface area contributed by atoms with E-state index in [0.717, 1.165) is 19.5 Å². The first kappa shape index (κ1) is 15.5. The number of carbonyl (C=O) groups excluding carboxylic acids is 1. The van der Waals surface area contributed by atoms with E-state index in [1.807, 2.05) is 0 Å². The number of rotatable bonds is 7. The zero-order chi connectivity index (χ0) is 14.9. The molecule has 0 radical (unpaired) electrons. The summed E-state index contributed by atoms with van der Waals surface area (Å²) >= 11 is 0. The Morgan fingerprint density at radius 3 is 3.00 bits per heavy atom. The third kappa shape index (κ3) is 5.55. The second kappa shape index (κ2) is 8.42. The maximum Gasteiger partial charge on any atom is 0.220 e. The van der Waals surface area contributed by atoms with E-state index >= 15 is 0 Å². The van der Waals surface area contributed by atoms with Gasteiger partial charge in [0.25, 0.3) is 0 Å². The Labute approximate surface area is 124 Å². The number of carbonyl (C=O) groups is 1. The Balaban J connectivity index is 1.59. The van der Waals surface area contributed by atoms with Crippen LogP contribution in [-0.2, 0) is 4.79 Å². The minimum atomic E-state index is -0.375. The van der Waals surface area contributed by atoms with Crippen LogP contribution in [0.15, 0.2) is 35.9 Å². The molecule has 2 rings (SSSR count). The average molecular weight is 292 g/mol. The van der Waals surface area contributed by atoms with Gasteiger partial charge in [-0.1, -0.05) is 23.8 Å². The van der Waals surface area contributed by atoms with Gasteiger partial charge in [0.15, 0.2) is 11.6 Å². The molecule has 0 atom stereocenters. The molecule has 0 aliphatic carbocycles. The third-order valence-electron chi connectivity index (χ3n) is 3.31. The summed E-state index contributed by atoms with van der Waals surface area (Å²) in [5.41, 5.74) is 1.27. The first-order valence-electron chi connectivity index (χ1n) is 7.28. The number of hydrogen-bond acceptors (Lipinski definition) is 3. The standard InChI is InChI=1S/C16H21FN2O2/c17-14-4-1-2-5-15(14)21-11-3-6-16(20)19-12-13-7-9-18-10-8-13/h1-2,4-5,7,18H,3,6,8-12H2,(H,19,20). The van der Waals surface area contributed by atoms with Gasteiger partial charge in [0.1, 0.15) is 0 Å². The van der Waals surface area contributed by atoms with E-state index in [-0.39, 0.29) is 17.5 Å². The van der Waals surface area contributed by atoms with Gasteiger partial charge in [0.2, 0.25) is 5.91 Å². The molecule has 1 aliphatic heterocycles. The normalized spacial score (nSPS) is 14.4. The van der Waals surface area contributed by atoms with Gasteiger partial charge in [0, 0.05) is 19.5 Å². The lowest BCUT2D eigenvalue weighted by Crippen LogP contribution is -2.29. The molecular weight excluding hydrogens is 271 g/mol. The minimum Gasteiger partial charge on any atom is -0.491 e. The van der Waals surface area contributed by atoms with Crippen molar-refractivity contribution in [2.24, 2.45) is 0 Å². The van der Waals surface area contributed by atoms with Gasteiger partial charge >= 0.3 is 0 Å². The Bertz CT molecular complexity index is 503. The van der Waals surface area contributed by atoms with Crippen molar-refractivity contribution in [1.82, 2.24) is 10.6 Å². The fourth-order valence-electron chi connectivity index (χ4n) is 2.11. The van der Waals surface area contributed by atoms with Crippen molar-refractivity contribution < 1.29 is 13.9 Å². The fraction of sp³-hybridized carbons (Fsp3) is 0.438. The molecule has 0 saturated heterocycles. The monoisotopic (exact) mass is 292 g/mol. The van der Waals surface area contributed by atoms with Gasteiger partial charge in [-0.2, -0.15) is 0 Å². The summed E-state index contributed by atoms with van der Waals surface area (Å²) in [7, 11) is 0. The summed E-state index contributed by atoms with van der Waals surface area (Å²) in [5, 5.41) is 6.13. The van der Waals surface area contributed by atoms with E-state index in [0.29, 0.717) is 26.0 Å². The van der Waals surface area contributed by atoms with Crippen LogP contribution in [0.3, 0.4) is 0 Å². The second-order valence-electron chi connectivity index (χ2n) is 4.98. The lowest BCUT2D eigenvalue weighted by atomic mass is 10.1. The van der Waals surface area contributed by atoms with Crippen molar-refractivity contribution in [1.29, 1.82) is 0 Å². The number of para-hydroxylation sites is 1. The Kier molecular flexibility index (Phi) is 6.22. The predicted molar refractivity (Wildman–Crippen MR) is 79.7 cm³/mol. The van der Waals surface area contributed by atoms with E-state index in [2.05, 4.69) is 16.7 Å². The molecule has 1 heterocycles. The van der Waals surface area contributed by atoms with Gasteiger partial charge in [0.05, 0.1) is 6.61 Å². The molecule has 0 fully saturated rings. The molecule has 4 nitrogen and oxygen atoms in total. The zero-order valence-electron chi connectivity index (χ0n) is 12.0. The summed E-state index contributed by atoms with van der Waals surface area (Å²) in [5.74, 6) is -0.135. The molecule has 0 unspecified atom stereocenters. The molecule has 0 aromatic heterocycles. The van der Waals surface area contributed by atoms with E-state index in [9.17, 15) is 9.18 Å². The van der Waals surface area contributed by atoms with Crippen LogP contribution in [0.2, 0.25) is 0 Å². The van der Waals surface area contributed by atoms with Crippen molar-refractivity contribution in [2.45, 2.75) is 19.3 Å². The van der Waals surface area contributed by atoms with Gasteiger partial charge in [-0.3, -0.25) is 4.79 Å². The largest absolute Gasteiger partial charge is 0.491 e. The van der Waals surface area contributed by atoms with Gasteiger partial charge in [-0.25, -0.2) is 4.39 Å². The highest BCUT2D eigenvalue weighted by Crippen LogP contribution is 2.15. The number of amides is 1. The topological polar surface area (TPSA) is 50.4 Å². The SMILES string of the molecule is O=C(CCCOc1ccccc1F)NCC1=CCNCC1. The van der Waals surface area contributed by atoms with Crippen LogP contribution < -0.4 is 15.4 Å². The van der Waals surface area contributed by atoms with E-state index in [1.165, 1.54) is 11.6 Å². The molecule has 1 aromatic rings. The summed E-state index contributed by atoms with van der Waals surface area (Å²) < 4.78 is 18.6. The Hall–Kier alpha value is -1.88. The van der Waals surface area contributed by atoms with Gasteiger partial charge < -0.3 is 15.4 Å². The molecular formula is C16H21FN2O2. The third-order valence-corrected chi connectivity index (χ3v) is 3.31. The number of ether oxygens (including phenoxy) is 1. The molecule has 1 aliphatic rings. The van der Waals surface area contributed by atoms with Crippen molar-refractivity contribution in [2.75, 3.05) is 26.2 Å². The Morgan fingerprint density at radius 1 is 1.38 bits per heavy atom. The van der Waals surface area contributed by atoms with Crippen LogP contribution in [-0.4, -0.2) is 32.1 Å². The predicted octanol–water partition coefficient (Wildman–Crippen LogP) is 2.02. The number of hydrogen-bond donors (Lipinski definition) is 2. The molecule has 0 spiro atoms. The highest BCUT2D eigenvalue weighted by molar-refractivity contribution is 5.76. The quantitative estimate of drug-likeness (QED) is 0.597. The minimum absolute atomic E-state index is 0.00608. The molecule has 1 aromatic carbocycles. The molecule has 1 amide bonds. The van der Waals surface area contributed by atoms with E-state index < -0.39 is 0 Å². The fourth-order valence-corrected chi connectivity index (χ4v) is 2.11. The molecule has 114 valence electrons. The summed E-state index contributed by atoms with van der Waals surface area (Å²) in [4.78, 5) is 11.7. The van der Waals surface area contributed by atoms with Crippen molar-refractivity contribution in [3.05, 3.63) is 41.7 Å². The highest BCUT2D eigenvalue weighted by Gasteiger charge is 2.06. The lowest BCUT2D eigenvalue weighted by molar-refractivity contribution is -0.121. The number of benzene rings is 1. The average Bonchev–Trinajstić information content (AvgIpc) is 2.52. The van der Waals surface area contributed by atoms with Gasteiger partial charge in [-0.05, 0) is 31.5 Å². The van der Waals surface area contributed by atoms with Crippen LogP contribution in [0.5, 0.6) is 5.75 Å². The van der Waals surface area contributed by atoms with Crippen molar-refractivity contribution >= 4 is 5.91 Å². The van der Waals surface area contributed by atoms with Crippen molar-refractivity contribution in [3.63, 3.8) is 0 Å².